The maximum absolute atomic E-state index is 12.8. The normalized spacial score (nSPS) is 17.7. The number of likely N-dealkylation sites (tertiary alicyclic amines) is 1. The molecule has 27 heavy (non-hydrogen) atoms. The molecule has 3 rings (SSSR count). The Morgan fingerprint density at radius 2 is 2.04 bits per heavy atom. The van der Waals surface area contributed by atoms with Gasteiger partial charge in [-0.3, -0.25) is 9.69 Å². The smallest absolute Gasteiger partial charge is 0.228 e. The topological polar surface area (TPSA) is 41.6 Å². The fourth-order valence-corrected chi connectivity index (χ4v) is 3.61. The van der Waals surface area contributed by atoms with Gasteiger partial charge in [0.1, 0.15) is 5.75 Å². The molecule has 1 N–H and O–H groups in total. The molecule has 1 saturated heterocycles. The van der Waals surface area contributed by atoms with Crippen LogP contribution in [0.1, 0.15) is 37.8 Å². The van der Waals surface area contributed by atoms with E-state index in [9.17, 15) is 4.79 Å². The molecule has 4 nitrogen and oxygen atoms in total. The van der Waals surface area contributed by atoms with Gasteiger partial charge >= 0.3 is 0 Å². The molecule has 144 valence electrons. The lowest BCUT2D eigenvalue weighted by molar-refractivity contribution is -0.121. The van der Waals surface area contributed by atoms with Gasteiger partial charge in [-0.05, 0) is 63.4 Å². The van der Waals surface area contributed by atoms with Crippen molar-refractivity contribution >= 4 is 11.6 Å². The number of carbonyl (C=O) groups excluding carboxylic acids is 1. The quantitative estimate of drug-likeness (QED) is 0.810. The Morgan fingerprint density at radius 3 is 2.81 bits per heavy atom. The van der Waals surface area contributed by atoms with E-state index in [2.05, 4.69) is 41.4 Å². The standard InChI is InChI=1S/C23H30N2O2/c1-17(2)27-22-12-6-11-21(14-22)24-23(26)20-10-7-13-25(16-20)15-19-9-5-4-8-18(19)3/h4-6,8-9,11-12,14,17,20H,7,10,13,15-16H2,1-3H3,(H,24,26). The first-order valence-electron chi connectivity index (χ1n) is 9.85. The maximum Gasteiger partial charge on any atom is 0.228 e. The average molecular weight is 367 g/mol. The van der Waals surface area contributed by atoms with Crippen molar-refractivity contribution in [3.05, 3.63) is 59.7 Å². The summed E-state index contributed by atoms with van der Waals surface area (Å²) < 4.78 is 5.72. The van der Waals surface area contributed by atoms with Gasteiger partial charge in [0.15, 0.2) is 0 Å². The summed E-state index contributed by atoms with van der Waals surface area (Å²) in [4.78, 5) is 15.2. The van der Waals surface area contributed by atoms with Crippen molar-refractivity contribution in [2.45, 2.75) is 46.3 Å². The van der Waals surface area contributed by atoms with Crippen molar-refractivity contribution in [1.82, 2.24) is 4.90 Å². The van der Waals surface area contributed by atoms with E-state index in [0.29, 0.717) is 0 Å². The molecule has 0 aromatic heterocycles. The highest BCUT2D eigenvalue weighted by Gasteiger charge is 2.26. The summed E-state index contributed by atoms with van der Waals surface area (Å²) in [5.74, 6) is 0.913. The molecule has 0 bridgehead atoms. The van der Waals surface area contributed by atoms with Crippen LogP contribution < -0.4 is 10.1 Å². The number of nitrogens with zero attached hydrogens (tertiary/aromatic N) is 1. The van der Waals surface area contributed by atoms with Gasteiger partial charge in [0, 0.05) is 24.8 Å². The molecular formula is C23H30N2O2. The molecule has 0 radical (unpaired) electrons. The first-order valence-corrected chi connectivity index (χ1v) is 9.85. The monoisotopic (exact) mass is 366 g/mol. The summed E-state index contributed by atoms with van der Waals surface area (Å²) in [5.41, 5.74) is 3.46. The molecule has 1 unspecified atom stereocenters. The van der Waals surface area contributed by atoms with Crippen LogP contribution in [0, 0.1) is 12.8 Å². The molecule has 1 fully saturated rings. The van der Waals surface area contributed by atoms with Gasteiger partial charge in [0.05, 0.1) is 12.0 Å². The molecule has 1 amide bonds. The molecule has 4 heteroatoms. The van der Waals surface area contributed by atoms with Crippen LogP contribution in [0.15, 0.2) is 48.5 Å². The number of hydrogen-bond acceptors (Lipinski definition) is 3. The largest absolute Gasteiger partial charge is 0.491 e. The molecule has 0 saturated carbocycles. The molecule has 2 aromatic carbocycles. The Bertz CT molecular complexity index is 772. The molecular weight excluding hydrogens is 336 g/mol. The SMILES string of the molecule is Cc1ccccc1CN1CCCC(C(=O)Nc2cccc(OC(C)C)c2)C1. The minimum absolute atomic E-state index is 0.0254. The van der Waals surface area contributed by atoms with E-state index in [1.54, 1.807) is 0 Å². The molecule has 1 atom stereocenters. The summed E-state index contributed by atoms with van der Waals surface area (Å²) >= 11 is 0. The number of benzene rings is 2. The van der Waals surface area contributed by atoms with Gasteiger partial charge in [-0.15, -0.1) is 0 Å². The van der Waals surface area contributed by atoms with Crippen LogP contribution in [0.25, 0.3) is 0 Å². The Morgan fingerprint density at radius 1 is 1.22 bits per heavy atom. The molecule has 1 aliphatic heterocycles. The highest BCUT2D eigenvalue weighted by atomic mass is 16.5. The predicted octanol–water partition coefficient (Wildman–Crippen LogP) is 4.63. The Kier molecular flexibility index (Phi) is 6.51. The van der Waals surface area contributed by atoms with E-state index in [1.807, 2.05) is 38.1 Å². The van der Waals surface area contributed by atoms with Crippen molar-refractivity contribution in [2.24, 2.45) is 5.92 Å². The second-order valence-electron chi connectivity index (χ2n) is 7.68. The molecule has 2 aromatic rings. The lowest BCUT2D eigenvalue weighted by Gasteiger charge is -2.32. The van der Waals surface area contributed by atoms with Gasteiger partial charge in [-0.25, -0.2) is 0 Å². The number of rotatable bonds is 6. The zero-order valence-electron chi connectivity index (χ0n) is 16.6. The second kappa shape index (κ2) is 9.05. The Balaban J connectivity index is 1.59. The lowest BCUT2D eigenvalue weighted by Crippen LogP contribution is -2.40. The van der Waals surface area contributed by atoms with Crippen LogP contribution in [0.3, 0.4) is 0 Å². The number of ether oxygens (including phenoxy) is 1. The lowest BCUT2D eigenvalue weighted by atomic mass is 9.96. The van der Waals surface area contributed by atoms with Crippen molar-refractivity contribution in [3.63, 3.8) is 0 Å². The van der Waals surface area contributed by atoms with Crippen molar-refractivity contribution in [3.8, 4) is 5.75 Å². The number of nitrogens with one attached hydrogen (secondary N) is 1. The number of aryl methyl sites for hydroxylation is 1. The Labute approximate surface area is 162 Å². The highest BCUT2D eigenvalue weighted by Crippen LogP contribution is 2.23. The number of amides is 1. The summed E-state index contributed by atoms with van der Waals surface area (Å²) in [6, 6.07) is 16.1. The highest BCUT2D eigenvalue weighted by molar-refractivity contribution is 5.92. The number of anilines is 1. The minimum Gasteiger partial charge on any atom is -0.491 e. The molecule has 1 aliphatic rings. The van der Waals surface area contributed by atoms with Crippen molar-refractivity contribution in [2.75, 3.05) is 18.4 Å². The number of piperidine rings is 1. The zero-order valence-corrected chi connectivity index (χ0v) is 16.6. The predicted molar refractivity (Wildman–Crippen MR) is 110 cm³/mol. The van der Waals surface area contributed by atoms with E-state index in [4.69, 9.17) is 4.74 Å². The minimum atomic E-state index is 0.0254. The van der Waals surface area contributed by atoms with Crippen LogP contribution in [-0.2, 0) is 11.3 Å². The van der Waals surface area contributed by atoms with E-state index >= 15 is 0 Å². The fourth-order valence-electron chi connectivity index (χ4n) is 3.61. The maximum atomic E-state index is 12.8. The van der Waals surface area contributed by atoms with Gasteiger partial charge in [0.2, 0.25) is 5.91 Å². The molecule has 1 heterocycles. The average Bonchev–Trinajstić information content (AvgIpc) is 2.64. The second-order valence-corrected chi connectivity index (χ2v) is 7.68. The van der Waals surface area contributed by atoms with Gasteiger partial charge in [-0.1, -0.05) is 30.3 Å². The number of carbonyl (C=O) groups is 1. The molecule has 0 aliphatic carbocycles. The van der Waals surface area contributed by atoms with Gasteiger partial charge in [0.25, 0.3) is 0 Å². The fraction of sp³-hybridized carbons (Fsp3) is 0.435. The molecule has 0 spiro atoms. The van der Waals surface area contributed by atoms with Gasteiger partial charge in [-0.2, -0.15) is 0 Å². The van der Waals surface area contributed by atoms with Gasteiger partial charge < -0.3 is 10.1 Å². The van der Waals surface area contributed by atoms with Crippen molar-refractivity contribution < 1.29 is 9.53 Å². The summed E-state index contributed by atoms with van der Waals surface area (Å²) in [6.45, 7) is 8.91. The first kappa shape index (κ1) is 19.4. The van der Waals surface area contributed by atoms with E-state index in [-0.39, 0.29) is 17.9 Å². The van der Waals surface area contributed by atoms with E-state index in [0.717, 1.165) is 43.9 Å². The summed E-state index contributed by atoms with van der Waals surface area (Å²) in [5, 5.41) is 3.08. The van der Waals surface area contributed by atoms with Crippen molar-refractivity contribution in [1.29, 1.82) is 0 Å². The number of hydrogen-bond donors (Lipinski definition) is 1. The first-order chi connectivity index (χ1) is 13.0. The van der Waals surface area contributed by atoms with Crippen LogP contribution in [0.5, 0.6) is 5.75 Å². The summed E-state index contributed by atoms with van der Waals surface area (Å²) in [7, 11) is 0. The summed E-state index contributed by atoms with van der Waals surface area (Å²) in [6.07, 6.45) is 2.11. The van der Waals surface area contributed by atoms with Crippen LogP contribution in [-0.4, -0.2) is 30.0 Å². The van der Waals surface area contributed by atoms with Crippen LogP contribution in [0.4, 0.5) is 5.69 Å². The van der Waals surface area contributed by atoms with E-state index in [1.165, 1.54) is 11.1 Å². The van der Waals surface area contributed by atoms with E-state index < -0.39 is 0 Å². The van der Waals surface area contributed by atoms with Crippen LogP contribution in [0.2, 0.25) is 0 Å². The Hall–Kier alpha value is -2.33. The third kappa shape index (κ3) is 5.57. The zero-order chi connectivity index (χ0) is 19.2. The third-order valence-electron chi connectivity index (χ3n) is 5.00. The third-order valence-corrected chi connectivity index (χ3v) is 5.00. The van der Waals surface area contributed by atoms with Crippen LogP contribution >= 0.6 is 0 Å².